The van der Waals surface area contributed by atoms with Crippen LogP contribution in [0.5, 0.6) is 0 Å². The van der Waals surface area contributed by atoms with Crippen LogP contribution in [0.4, 0.5) is 17.1 Å². The van der Waals surface area contributed by atoms with Gasteiger partial charge in [0.15, 0.2) is 0 Å². The Morgan fingerprint density at radius 2 is 0.982 bits per heavy atom. The van der Waals surface area contributed by atoms with Gasteiger partial charge in [0.25, 0.3) is 0 Å². The van der Waals surface area contributed by atoms with Gasteiger partial charge in [-0.25, -0.2) is 0 Å². The highest BCUT2D eigenvalue weighted by Gasteiger charge is 2.47. The van der Waals surface area contributed by atoms with Crippen LogP contribution in [-0.2, 0) is 21.7 Å². The Balaban J connectivity index is 1.27. The second-order valence-corrected chi connectivity index (χ2v) is 19.9. The Morgan fingerprint density at radius 3 is 1.64 bits per heavy atom. The van der Waals surface area contributed by atoms with Gasteiger partial charge in [-0.2, -0.15) is 0 Å². The Hall–Kier alpha value is -5.02. The van der Waals surface area contributed by atoms with E-state index in [1.54, 1.807) is 0 Å². The first kappa shape index (κ1) is 33.3. The fourth-order valence-corrected chi connectivity index (χ4v) is 11.3. The fraction of sp³-hybridized carbons (Fsp3) is 0.308. The SMILES string of the molecule is CC1(C)CCC(C)(C)c2cc(N3c4cc5c(cc4B4c6ccccc6-c6cc(-n7c8ccccc8c8ccccc87)cc3c64)C(C)(C)CCC5(C)C)ccc21. The van der Waals surface area contributed by atoms with Gasteiger partial charge in [0, 0.05) is 33.5 Å². The second kappa shape index (κ2) is 10.8. The molecule has 0 saturated heterocycles. The molecule has 0 atom stereocenters. The average Bonchev–Trinajstić information content (AvgIpc) is 3.69. The minimum absolute atomic E-state index is 0.0945. The highest BCUT2D eigenvalue weighted by molar-refractivity contribution is 7.01. The number of rotatable bonds is 2. The predicted octanol–water partition coefficient (Wildman–Crippen LogP) is 11.8. The van der Waals surface area contributed by atoms with Gasteiger partial charge in [0.1, 0.15) is 0 Å². The molecule has 2 aliphatic heterocycles. The van der Waals surface area contributed by atoms with Crippen molar-refractivity contribution < 1.29 is 0 Å². The van der Waals surface area contributed by atoms with Crippen molar-refractivity contribution in [1.82, 2.24) is 4.57 Å². The molecule has 3 heterocycles. The highest BCUT2D eigenvalue weighted by Crippen LogP contribution is 2.52. The summed E-state index contributed by atoms with van der Waals surface area (Å²) in [6.45, 7) is 19.9. The summed E-state index contributed by atoms with van der Waals surface area (Å²) in [6.07, 6.45) is 4.80. The smallest absolute Gasteiger partial charge is 0.248 e. The standard InChI is InChI=1S/C52H51BN2/c1-49(2)23-24-50(3,4)39-28-32(21-22-38(39)49)54-46-31-41-40(51(5,6)25-26-52(41,7)8)30-43(46)53-42-18-12-9-15-34(42)37-27-33(29-47(54)48(37)53)55-44-19-13-10-16-35(44)36-17-11-14-20-45(36)55/h9-22,27-31H,23-26H2,1-8H3. The van der Waals surface area contributed by atoms with Crippen molar-refractivity contribution in [2.75, 3.05) is 4.90 Å². The number of nitrogens with zero attached hydrogens (tertiary/aromatic N) is 2. The second-order valence-electron chi connectivity index (χ2n) is 19.9. The zero-order valence-electron chi connectivity index (χ0n) is 33.8. The van der Waals surface area contributed by atoms with Gasteiger partial charge in [0.2, 0.25) is 6.71 Å². The summed E-state index contributed by atoms with van der Waals surface area (Å²) in [6, 6.07) is 45.0. The maximum atomic E-state index is 2.68. The van der Waals surface area contributed by atoms with Gasteiger partial charge in [-0.1, -0.05) is 134 Å². The van der Waals surface area contributed by atoms with Gasteiger partial charge in [-0.15, -0.1) is 0 Å². The topological polar surface area (TPSA) is 8.17 Å². The summed E-state index contributed by atoms with van der Waals surface area (Å²) in [5.41, 5.74) is 21.2. The molecule has 0 bridgehead atoms. The van der Waals surface area contributed by atoms with Gasteiger partial charge in [-0.05, 0) is 134 Å². The van der Waals surface area contributed by atoms with Crippen LogP contribution < -0.4 is 21.3 Å². The third-order valence-corrected chi connectivity index (χ3v) is 14.7. The number of benzene rings is 6. The molecule has 0 radical (unpaired) electrons. The largest absolute Gasteiger partial charge is 0.311 e. The first-order valence-corrected chi connectivity index (χ1v) is 20.7. The molecule has 55 heavy (non-hydrogen) atoms. The molecular weight excluding hydrogens is 663 g/mol. The van der Waals surface area contributed by atoms with Crippen LogP contribution in [0.2, 0.25) is 0 Å². The zero-order valence-corrected chi connectivity index (χ0v) is 33.8. The van der Waals surface area contributed by atoms with E-state index in [-0.39, 0.29) is 28.4 Å². The van der Waals surface area contributed by atoms with E-state index in [1.165, 1.54) is 120 Å². The summed E-state index contributed by atoms with van der Waals surface area (Å²) in [4.78, 5) is 2.68. The normalized spacial score (nSPS) is 19.1. The van der Waals surface area contributed by atoms with Crippen LogP contribution in [-0.4, -0.2) is 11.3 Å². The maximum Gasteiger partial charge on any atom is 0.248 e. The lowest BCUT2D eigenvalue weighted by Crippen LogP contribution is -2.55. The molecule has 272 valence electrons. The molecule has 1 aromatic heterocycles. The van der Waals surface area contributed by atoms with Crippen LogP contribution in [0.25, 0.3) is 38.6 Å². The van der Waals surface area contributed by atoms with Crippen molar-refractivity contribution in [2.24, 2.45) is 0 Å². The van der Waals surface area contributed by atoms with Crippen molar-refractivity contribution in [3.63, 3.8) is 0 Å². The molecule has 2 aliphatic carbocycles. The Labute approximate surface area is 327 Å². The molecule has 0 spiro atoms. The van der Waals surface area contributed by atoms with E-state index in [0.717, 1.165) is 0 Å². The van der Waals surface area contributed by atoms with E-state index in [9.17, 15) is 0 Å². The summed E-state index contributed by atoms with van der Waals surface area (Å²) < 4.78 is 2.52. The monoisotopic (exact) mass is 714 g/mol. The number of hydrogen-bond acceptors (Lipinski definition) is 1. The van der Waals surface area contributed by atoms with E-state index in [0.29, 0.717) is 0 Å². The minimum Gasteiger partial charge on any atom is -0.311 e. The Bertz CT molecular complexity index is 2740. The molecule has 0 N–H and O–H groups in total. The van der Waals surface area contributed by atoms with Crippen LogP contribution in [0.15, 0.2) is 115 Å². The summed E-state index contributed by atoms with van der Waals surface area (Å²) in [5, 5.41) is 2.59. The molecule has 7 aromatic rings. The predicted molar refractivity (Wildman–Crippen MR) is 236 cm³/mol. The lowest BCUT2D eigenvalue weighted by Gasteiger charge is -2.45. The van der Waals surface area contributed by atoms with Gasteiger partial charge in [-0.3, -0.25) is 0 Å². The van der Waals surface area contributed by atoms with Crippen LogP contribution in [0.3, 0.4) is 0 Å². The lowest BCUT2D eigenvalue weighted by molar-refractivity contribution is 0.332. The van der Waals surface area contributed by atoms with E-state index in [1.807, 2.05) is 0 Å². The molecule has 0 amide bonds. The summed E-state index contributed by atoms with van der Waals surface area (Å²) in [7, 11) is 0. The third-order valence-electron chi connectivity index (χ3n) is 14.7. The van der Waals surface area contributed by atoms with Crippen molar-refractivity contribution >= 4 is 62.0 Å². The molecule has 2 nitrogen and oxygen atoms in total. The lowest BCUT2D eigenvalue weighted by atomic mass is 9.36. The van der Waals surface area contributed by atoms with Gasteiger partial charge in [0.05, 0.1) is 11.0 Å². The maximum absolute atomic E-state index is 2.68. The summed E-state index contributed by atoms with van der Waals surface area (Å²) >= 11 is 0. The number of hydrogen-bond donors (Lipinski definition) is 0. The highest BCUT2D eigenvalue weighted by atomic mass is 15.2. The van der Waals surface area contributed by atoms with Crippen molar-refractivity contribution in [1.29, 1.82) is 0 Å². The molecule has 6 aromatic carbocycles. The van der Waals surface area contributed by atoms with E-state index < -0.39 is 0 Å². The summed E-state index contributed by atoms with van der Waals surface area (Å²) in [5.74, 6) is 0. The molecule has 11 rings (SSSR count). The first-order chi connectivity index (χ1) is 26.3. The van der Waals surface area contributed by atoms with Gasteiger partial charge < -0.3 is 9.47 Å². The van der Waals surface area contributed by atoms with Crippen molar-refractivity contribution in [3.8, 4) is 16.8 Å². The fourth-order valence-electron chi connectivity index (χ4n) is 11.3. The van der Waals surface area contributed by atoms with Gasteiger partial charge >= 0.3 is 0 Å². The van der Waals surface area contributed by atoms with E-state index in [2.05, 4.69) is 180 Å². The van der Waals surface area contributed by atoms with E-state index >= 15 is 0 Å². The zero-order chi connectivity index (χ0) is 37.8. The number of para-hydroxylation sites is 2. The van der Waals surface area contributed by atoms with Crippen molar-refractivity contribution in [2.45, 2.75) is 103 Å². The quantitative estimate of drug-likeness (QED) is 0.162. The number of anilines is 3. The number of aromatic nitrogens is 1. The third kappa shape index (κ3) is 4.50. The van der Waals surface area contributed by atoms with Crippen LogP contribution in [0, 0.1) is 0 Å². The first-order valence-electron chi connectivity index (χ1n) is 20.7. The molecule has 0 unspecified atom stereocenters. The molecule has 3 heteroatoms. The molecule has 0 saturated carbocycles. The van der Waals surface area contributed by atoms with E-state index in [4.69, 9.17) is 0 Å². The Morgan fingerprint density at radius 1 is 0.436 bits per heavy atom. The molecular formula is C52H51BN2. The van der Waals surface area contributed by atoms with Crippen molar-refractivity contribution in [3.05, 3.63) is 138 Å². The Kier molecular flexibility index (Phi) is 6.57. The molecule has 0 fully saturated rings. The number of fused-ring (bicyclic) bond motifs is 10. The molecule has 4 aliphatic rings. The minimum atomic E-state index is 0.0945. The average molecular weight is 715 g/mol. The van der Waals surface area contributed by atoms with Crippen LogP contribution >= 0.6 is 0 Å². The van der Waals surface area contributed by atoms with Crippen LogP contribution in [0.1, 0.15) is 103 Å².